The summed E-state index contributed by atoms with van der Waals surface area (Å²) in [6.45, 7) is 0. The number of cyclic esters (lactones) is 2. The van der Waals surface area contributed by atoms with Crippen molar-refractivity contribution in [3.8, 4) is 0 Å². The monoisotopic (exact) mass is 538 g/mol. The van der Waals surface area contributed by atoms with Crippen molar-refractivity contribution < 1.29 is 53.9 Å². The quantitative estimate of drug-likeness (QED) is 0.119. The summed E-state index contributed by atoms with van der Waals surface area (Å²) in [6.07, 6.45) is 4.05. The zero-order chi connectivity index (χ0) is 28.5. The van der Waals surface area contributed by atoms with Gasteiger partial charge in [0.15, 0.2) is 5.54 Å². The number of allylic oxidation sites excluding steroid dienone is 1. The van der Waals surface area contributed by atoms with Gasteiger partial charge in [0.1, 0.15) is 5.92 Å². The van der Waals surface area contributed by atoms with Gasteiger partial charge < -0.3 is 41.4 Å². The number of hydrogen-bond donors (Lipinski definition) is 8. The molecule has 1 aliphatic heterocycles. The van der Waals surface area contributed by atoms with Crippen LogP contribution < -0.4 is 21.7 Å². The van der Waals surface area contributed by atoms with Crippen LogP contribution in [0, 0.1) is 5.92 Å². The highest BCUT2D eigenvalue weighted by molar-refractivity contribution is 6.05. The number of anilines is 2. The fourth-order valence-electron chi connectivity index (χ4n) is 3.92. The molecule has 200 valence electrons. The Morgan fingerprint density at radius 2 is 1.23 bits per heavy atom. The molecule has 0 aromatic heterocycles. The molecule has 1 fully saturated rings. The Kier molecular flexibility index (Phi) is 6.75. The summed E-state index contributed by atoms with van der Waals surface area (Å²) in [4.78, 5) is 70.4. The van der Waals surface area contributed by atoms with E-state index in [1.807, 2.05) is 0 Å². The van der Waals surface area contributed by atoms with Crippen molar-refractivity contribution in [1.82, 2.24) is 10.9 Å². The van der Waals surface area contributed by atoms with E-state index < -0.39 is 69.5 Å². The lowest BCUT2D eigenvalue weighted by Crippen LogP contribution is -2.56. The van der Waals surface area contributed by atoms with Crippen molar-refractivity contribution in [3.63, 3.8) is 0 Å². The van der Waals surface area contributed by atoms with Crippen LogP contribution in [-0.2, 0) is 14.3 Å². The van der Waals surface area contributed by atoms with Crippen molar-refractivity contribution >= 4 is 47.2 Å². The van der Waals surface area contributed by atoms with Gasteiger partial charge in [0.2, 0.25) is 0 Å². The summed E-state index contributed by atoms with van der Waals surface area (Å²) in [6, 6.07) is 6.87. The first-order valence-electron chi connectivity index (χ1n) is 10.9. The third kappa shape index (κ3) is 4.96. The second-order valence-electron chi connectivity index (χ2n) is 8.25. The number of carboxylic acid groups (broad SMARTS) is 4. The predicted molar refractivity (Wildman–Crippen MR) is 129 cm³/mol. The average molecular weight is 538 g/mol. The molecule has 2 unspecified atom stereocenters. The third-order valence-corrected chi connectivity index (χ3v) is 5.87. The normalized spacial score (nSPS) is 19.4. The summed E-state index contributed by atoms with van der Waals surface area (Å²) in [5, 5.41) is 36.9. The summed E-state index contributed by atoms with van der Waals surface area (Å²) in [5.74, 6) is -8.85. The molecule has 0 amide bonds. The van der Waals surface area contributed by atoms with E-state index in [0.717, 1.165) is 24.3 Å². The lowest BCUT2D eigenvalue weighted by atomic mass is 9.82. The fraction of sp³-hybridized carbons (Fsp3) is 0.0833. The van der Waals surface area contributed by atoms with Gasteiger partial charge in [0.25, 0.3) is 0 Å². The molecule has 0 spiro atoms. The fourth-order valence-corrected chi connectivity index (χ4v) is 3.92. The first-order valence-corrected chi connectivity index (χ1v) is 10.9. The third-order valence-electron chi connectivity index (χ3n) is 5.87. The molecule has 2 aromatic carbocycles. The van der Waals surface area contributed by atoms with E-state index in [1.54, 1.807) is 0 Å². The highest BCUT2D eigenvalue weighted by atomic mass is 16.6. The van der Waals surface area contributed by atoms with Crippen LogP contribution in [0.3, 0.4) is 0 Å². The molecule has 1 aliphatic carbocycles. The number of aromatic carboxylic acids is 4. The first-order chi connectivity index (χ1) is 18.4. The highest BCUT2D eigenvalue weighted by Gasteiger charge is 2.57. The van der Waals surface area contributed by atoms with Gasteiger partial charge in [0, 0.05) is 5.69 Å². The Bertz CT molecular complexity index is 1510. The molecule has 0 radical (unpaired) electrons. The van der Waals surface area contributed by atoms with E-state index in [2.05, 4.69) is 21.7 Å². The minimum atomic E-state index is -1.74. The summed E-state index contributed by atoms with van der Waals surface area (Å²) < 4.78 is 4.78. The molecule has 15 heteroatoms. The lowest BCUT2D eigenvalue weighted by Gasteiger charge is -2.30. The van der Waals surface area contributed by atoms with E-state index in [4.69, 9.17) is 14.9 Å². The molecule has 4 rings (SSSR count). The van der Waals surface area contributed by atoms with Crippen LogP contribution in [0.5, 0.6) is 0 Å². The summed E-state index contributed by atoms with van der Waals surface area (Å²) in [7, 11) is 0. The van der Waals surface area contributed by atoms with Crippen molar-refractivity contribution in [1.29, 1.82) is 0 Å². The molecule has 8 N–H and O–H groups in total. The molecular formula is C24H18N4O11. The summed E-state index contributed by atoms with van der Waals surface area (Å²) >= 11 is 0. The number of benzene rings is 2. The van der Waals surface area contributed by atoms with Crippen LogP contribution in [0.1, 0.15) is 41.4 Å². The number of hydrogen-bond acceptors (Lipinski definition) is 11. The van der Waals surface area contributed by atoms with Gasteiger partial charge in [-0.1, -0.05) is 0 Å². The SMILES string of the molecule is O=C(O)c1ccc(NNC2=CC3C(=O)OC(=O)C3(NNc3ccc(C(=O)O)c(C(=O)O)c3)C=C2)cc1C(=O)O. The van der Waals surface area contributed by atoms with Crippen LogP contribution in [-0.4, -0.2) is 61.8 Å². The maximum absolute atomic E-state index is 12.6. The van der Waals surface area contributed by atoms with Crippen LogP contribution in [0.4, 0.5) is 11.4 Å². The molecular weight excluding hydrogens is 520 g/mol. The minimum absolute atomic E-state index is 0.0830. The van der Waals surface area contributed by atoms with Crippen molar-refractivity contribution in [3.05, 3.63) is 82.6 Å². The molecule has 2 aromatic rings. The number of ether oxygens (including phenoxy) is 1. The number of carbonyl (C=O) groups excluding carboxylic acids is 2. The van der Waals surface area contributed by atoms with Gasteiger partial charge in [-0.2, -0.15) is 0 Å². The standard InChI is InChI=1S/C24H18N4O11/c29-18(30)13-3-1-10(7-15(13)20(33)34)25-26-12-5-6-24(17(9-12)22(37)39-23(24)38)28-27-11-2-4-14(19(31)32)16(8-11)21(35)36/h1-9,17,25-28H,(H,29,30)(H,31,32)(H,33,34)(H,35,36). The van der Waals surface area contributed by atoms with Gasteiger partial charge in [-0.15, -0.1) is 0 Å². The molecule has 15 nitrogen and oxygen atoms in total. The van der Waals surface area contributed by atoms with E-state index in [0.29, 0.717) is 0 Å². The zero-order valence-electron chi connectivity index (χ0n) is 19.4. The maximum Gasteiger partial charge on any atom is 0.341 e. The lowest BCUT2D eigenvalue weighted by molar-refractivity contribution is -0.153. The van der Waals surface area contributed by atoms with Gasteiger partial charge in [-0.25, -0.2) is 29.4 Å². The zero-order valence-corrected chi connectivity index (χ0v) is 19.4. The largest absolute Gasteiger partial charge is 0.478 e. The Labute approximate surface area is 217 Å². The Balaban J connectivity index is 1.52. The highest BCUT2D eigenvalue weighted by Crippen LogP contribution is 2.35. The number of fused-ring (bicyclic) bond motifs is 1. The van der Waals surface area contributed by atoms with Crippen LogP contribution in [0.2, 0.25) is 0 Å². The maximum atomic E-state index is 12.6. The van der Waals surface area contributed by atoms with Crippen LogP contribution in [0.25, 0.3) is 0 Å². The average Bonchev–Trinajstić information content (AvgIpc) is 3.14. The van der Waals surface area contributed by atoms with Crippen LogP contribution in [0.15, 0.2) is 60.3 Å². The molecule has 2 aliphatic rings. The van der Waals surface area contributed by atoms with Gasteiger partial charge in [-0.3, -0.25) is 4.79 Å². The second-order valence-corrected chi connectivity index (χ2v) is 8.25. The molecule has 0 bridgehead atoms. The summed E-state index contributed by atoms with van der Waals surface area (Å²) in [5.41, 5.74) is 7.65. The predicted octanol–water partition coefficient (Wildman–Crippen LogP) is 0.905. The van der Waals surface area contributed by atoms with Gasteiger partial charge in [0.05, 0.1) is 33.6 Å². The number of hydrazine groups is 2. The number of carboxylic acids is 4. The number of nitrogens with one attached hydrogen (secondary N) is 4. The van der Waals surface area contributed by atoms with Gasteiger partial charge in [-0.05, 0) is 54.6 Å². The number of rotatable bonds is 10. The van der Waals surface area contributed by atoms with E-state index >= 15 is 0 Å². The first kappa shape index (κ1) is 26.4. The minimum Gasteiger partial charge on any atom is -0.478 e. The van der Waals surface area contributed by atoms with E-state index in [-0.39, 0.29) is 17.1 Å². The number of esters is 2. The smallest absolute Gasteiger partial charge is 0.341 e. The van der Waals surface area contributed by atoms with E-state index in [9.17, 15) is 39.0 Å². The van der Waals surface area contributed by atoms with E-state index in [1.165, 1.54) is 30.4 Å². The van der Waals surface area contributed by atoms with Crippen molar-refractivity contribution in [2.75, 3.05) is 10.9 Å². The number of carbonyl (C=O) groups is 6. The van der Waals surface area contributed by atoms with Crippen LogP contribution >= 0.6 is 0 Å². The molecule has 1 heterocycles. The Morgan fingerprint density at radius 1 is 0.718 bits per heavy atom. The molecule has 2 atom stereocenters. The Hall–Kier alpha value is -5.70. The molecule has 0 saturated carbocycles. The van der Waals surface area contributed by atoms with Crippen molar-refractivity contribution in [2.45, 2.75) is 5.54 Å². The topological polar surface area (TPSA) is 241 Å². The molecule has 39 heavy (non-hydrogen) atoms. The second kappa shape index (κ2) is 9.98. The van der Waals surface area contributed by atoms with Crippen molar-refractivity contribution in [2.24, 2.45) is 5.92 Å². The Morgan fingerprint density at radius 3 is 1.74 bits per heavy atom. The molecule has 1 saturated heterocycles. The van der Waals surface area contributed by atoms with Gasteiger partial charge >= 0.3 is 35.8 Å².